The summed E-state index contributed by atoms with van der Waals surface area (Å²) in [7, 11) is 0. The maximum atomic E-state index is 2.34. The third-order valence-corrected chi connectivity index (χ3v) is 13.6. The second-order valence-corrected chi connectivity index (χ2v) is 18.3. The highest BCUT2D eigenvalue weighted by molar-refractivity contribution is 5.94. The zero-order valence-electron chi connectivity index (χ0n) is 40.8. The number of rotatable bonds is 14. The summed E-state index contributed by atoms with van der Waals surface area (Å²) in [6.07, 6.45) is 0. The summed E-state index contributed by atoms with van der Waals surface area (Å²) in [4.78, 5) is 9.26. The van der Waals surface area contributed by atoms with Gasteiger partial charge in [-0.2, -0.15) is 0 Å². The van der Waals surface area contributed by atoms with Crippen molar-refractivity contribution in [3.63, 3.8) is 0 Å². The van der Waals surface area contributed by atoms with Crippen molar-refractivity contribution in [2.24, 2.45) is 0 Å². The van der Waals surface area contributed by atoms with Gasteiger partial charge in [-0.05, 0) is 179 Å². The van der Waals surface area contributed by atoms with Gasteiger partial charge in [0, 0.05) is 68.2 Å². The Balaban J connectivity index is 0.815. The molecule has 0 fully saturated rings. The van der Waals surface area contributed by atoms with Crippen molar-refractivity contribution in [3.05, 3.63) is 315 Å². The second kappa shape index (κ2) is 20.8. The van der Waals surface area contributed by atoms with Gasteiger partial charge in [0.2, 0.25) is 0 Å². The minimum absolute atomic E-state index is 1.09. The molecule has 0 aliphatic carbocycles. The van der Waals surface area contributed by atoms with Crippen LogP contribution in [-0.4, -0.2) is 0 Å². The van der Waals surface area contributed by atoms with Gasteiger partial charge in [-0.3, -0.25) is 0 Å². The minimum Gasteiger partial charge on any atom is -0.311 e. The van der Waals surface area contributed by atoms with E-state index in [4.69, 9.17) is 0 Å². The molecule has 12 rings (SSSR count). The van der Waals surface area contributed by atoms with Crippen LogP contribution in [0.15, 0.2) is 315 Å². The number of nitrogens with zero attached hydrogens (tertiary/aromatic N) is 4. The zero-order chi connectivity index (χ0) is 49.5. The van der Waals surface area contributed by atoms with Crippen LogP contribution in [0.3, 0.4) is 0 Å². The molecule has 4 heteroatoms. The van der Waals surface area contributed by atoms with Crippen molar-refractivity contribution in [2.75, 3.05) is 19.6 Å². The van der Waals surface area contributed by atoms with Crippen LogP contribution in [0.5, 0.6) is 0 Å². The summed E-state index contributed by atoms with van der Waals surface area (Å²) in [5.74, 6) is 0. The van der Waals surface area contributed by atoms with E-state index in [9.17, 15) is 0 Å². The zero-order valence-corrected chi connectivity index (χ0v) is 40.8. The van der Waals surface area contributed by atoms with Gasteiger partial charge < -0.3 is 19.6 Å². The molecule has 0 aliphatic rings. The van der Waals surface area contributed by atoms with E-state index in [2.05, 4.69) is 335 Å². The molecule has 0 atom stereocenters. The molecule has 0 aliphatic heterocycles. The van der Waals surface area contributed by atoms with Crippen LogP contribution in [0, 0.1) is 0 Å². The first-order valence-electron chi connectivity index (χ1n) is 25.2. The lowest BCUT2D eigenvalue weighted by Crippen LogP contribution is -2.10. The average Bonchev–Trinajstić information content (AvgIpc) is 3.48. The van der Waals surface area contributed by atoms with Gasteiger partial charge in [-0.15, -0.1) is 0 Å². The summed E-state index contributed by atoms with van der Waals surface area (Å²) >= 11 is 0. The monoisotopic (exact) mass is 948 g/mol. The molecule has 0 bridgehead atoms. The van der Waals surface area contributed by atoms with Gasteiger partial charge in [-0.1, -0.05) is 170 Å². The molecule has 0 unspecified atom stereocenters. The van der Waals surface area contributed by atoms with Gasteiger partial charge in [-0.25, -0.2) is 0 Å². The van der Waals surface area contributed by atoms with Crippen molar-refractivity contribution in [3.8, 4) is 22.3 Å². The van der Waals surface area contributed by atoms with E-state index >= 15 is 0 Å². The van der Waals surface area contributed by atoms with Crippen LogP contribution in [0.2, 0.25) is 0 Å². The van der Waals surface area contributed by atoms with Crippen LogP contribution in [0.25, 0.3) is 33.0 Å². The molecule has 0 amide bonds. The lowest BCUT2D eigenvalue weighted by atomic mass is 10.0. The molecule has 0 saturated carbocycles. The fourth-order valence-electron chi connectivity index (χ4n) is 9.96. The highest BCUT2D eigenvalue weighted by Crippen LogP contribution is 2.42. The fourth-order valence-corrected chi connectivity index (χ4v) is 9.96. The Morgan fingerprint density at radius 1 is 0.135 bits per heavy atom. The van der Waals surface area contributed by atoms with Crippen molar-refractivity contribution in [1.29, 1.82) is 0 Å². The Bertz CT molecular complexity index is 3390. The quantitative estimate of drug-likeness (QED) is 0.108. The molecule has 0 saturated heterocycles. The van der Waals surface area contributed by atoms with E-state index < -0.39 is 0 Å². The van der Waals surface area contributed by atoms with Gasteiger partial charge in [0.05, 0.1) is 0 Å². The second-order valence-electron chi connectivity index (χ2n) is 18.3. The molecule has 74 heavy (non-hydrogen) atoms. The predicted octanol–water partition coefficient (Wildman–Crippen LogP) is 20.1. The van der Waals surface area contributed by atoms with Crippen LogP contribution in [0.4, 0.5) is 68.2 Å². The number of benzene rings is 12. The first-order valence-corrected chi connectivity index (χ1v) is 25.2. The van der Waals surface area contributed by atoms with Crippen molar-refractivity contribution in [1.82, 2.24) is 0 Å². The Labute approximate surface area is 434 Å². The van der Waals surface area contributed by atoms with Crippen LogP contribution < -0.4 is 19.6 Å². The maximum absolute atomic E-state index is 2.34. The van der Waals surface area contributed by atoms with E-state index in [1.807, 2.05) is 0 Å². The first-order chi connectivity index (χ1) is 36.7. The van der Waals surface area contributed by atoms with Crippen molar-refractivity contribution < 1.29 is 0 Å². The molecular weight excluding hydrogens is 897 g/mol. The first kappa shape index (κ1) is 45.3. The molecule has 4 nitrogen and oxygen atoms in total. The summed E-state index contributed by atoms with van der Waals surface area (Å²) < 4.78 is 0. The summed E-state index contributed by atoms with van der Waals surface area (Å²) in [6.45, 7) is 0. The predicted molar refractivity (Wildman–Crippen MR) is 314 cm³/mol. The van der Waals surface area contributed by atoms with Crippen LogP contribution in [-0.2, 0) is 0 Å². The van der Waals surface area contributed by atoms with Gasteiger partial charge in [0.15, 0.2) is 0 Å². The third kappa shape index (κ3) is 9.51. The lowest BCUT2D eigenvalue weighted by Gasteiger charge is -2.27. The van der Waals surface area contributed by atoms with Crippen LogP contribution in [0.1, 0.15) is 0 Å². The number of hydrogen-bond donors (Lipinski definition) is 0. The highest BCUT2D eigenvalue weighted by atomic mass is 15.2. The Morgan fingerprint density at radius 2 is 0.297 bits per heavy atom. The molecule has 352 valence electrons. The van der Waals surface area contributed by atoms with E-state index in [1.54, 1.807) is 0 Å². The molecule has 0 heterocycles. The van der Waals surface area contributed by atoms with Gasteiger partial charge >= 0.3 is 0 Å². The lowest BCUT2D eigenvalue weighted by molar-refractivity contribution is 1.28. The molecule has 0 spiro atoms. The highest BCUT2D eigenvalue weighted by Gasteiger charge is 2.18. The molecule has 12 aromatic rings. The third-order valence-electron chi connectivity index (χ3n) is 13.6. The fraction of sp³-hybridized carbons (Fsp3) is 0. The smallest absolute Gasteiger partial charge is 0.0468 e. The minimum atomic E-state index is 1.09. The summed E-state index contributed by atoms with van der Waals surface area (Å²) in [5, 5.41) is 2.32. The van der Waals surface area contributed by atoms with E-state index in [-0.39, 0.29) is 0 Å². The SMILES string of the molecule is c1ccc(N(c2ccccc2)c2ccc(-c3ccc(N(c4ccccc4)c4ccc5cc(N(c6ccccc6)c6ccc(-c7ccc(N(c8ccccc8)c8ccccc8)cc7)cc6)ccc5c4)cc3)cc2)cc1. The normalized spacial score (nSPS) is 11.0. The maximum Gasteiger partial charge on any atom is 0.0468 e. The van der Waals surface area contributed by atoms with E-state index in [1.165, 1.54) is 0 Å². The number of hydrogen-bond acceptors (Lipinski definition) is 4. The van der Waals surface area contributed by atoms with Gasteiger partial charge in [0.1, 0.15) is 0 Å². The molecule has 0 aromatic heterocycles. The topological polar surface area (TPSA) is 13.0 Å². The Hall–Kier alpha value is -9.90. The Kier molecular flexibility index (Phi) is 12.7. The number of anilines is 12. The van der Waals surface area contributed by atoms with E-state index in [0.717, 1.165) is 101 Å². The number of para-hydroxylation sites is 6. The van der Waals surface area contributed by atoms with Gasteiger partial charge in [0.25, 0.3) is 0 Å². The molecule has 0 radical (unpaired) electrons. The average molecular weight is 949 g/mol. The van der Waals surface area contributed by atoms with Crippen molar-refractivity contribution >= 4 is 79.0 Å². The molecular formula is C70H52N4. The largest absolute Gasteiger partial charge is 0.311 e. The summed E-state index contributed by atoms with van der Waals surface area (Å²) in [5.41, 5.74) is 17.9. The Morgan fingerprint density at radius 3 is 0.500 bits per heavy atom. The molecule has 0 N–H and O–H groups in total. The van der Waals surface area contributed by atoms with Crippen molar-refractivity contribution in [2.45, 2.75) is 0 Å². The number of fused-ring (bicyclic) bond motifs is 1. The molecule has 12 aromatic carbocycles. The van der Waals surface area contributed by atoms with Crippen LogP contribution >= 0.6 is 0 Å². The summed E-state index contributed by atoms with van der Waals surface area (Å²) in [6, 6.07) is 113. The standard InChI is InChI=1S/C70H52N4/c1-7-19-59(20-8-1)71(60-21-9-2-10-22-60)65-41-31-53(32-42-65)55-35-45-67(46-36-55)73(63-27-15-5-16-28-63)69-49-39-58-52-70(50-40-57(58)51-69)74(64-29-17-6-18-30-64)68-47-37-56(38-48-68)54-33-43-66(44-34-54)72(61-23-11-3-12-24-61)62-25-13-4-14-26-62/h1-52H. The van der Waals surface area contributed by atoms with E-state index in [0.29, 0.717) is 0 Å².